The summed E-state index contributed by atoms with van der Waals surface area (Å²) in [4.78, 5) is 21.5. The lowest BCUT2D eigenvalue weighted by molar-refractivity contribution is 0.0694. The molecule has 0 radical (unpaired) electrons. The second kappa shape index (κ2) is 3.90. The maximum atomic E-state index is 10.9. The van der Waals surface area contributed by atoms with E-state index in [4.69, 9.17) is 10.8 Å². The lowest BCUT2D eigenvalue weighted by Crippen LogP contribution is -2.13. The first-order valence-electron chi connectivity index (χ1n) is 3.89. The monoisotopic (exact) mass is 185 g/mol. The summed E-state index contributed by atoms with van der Waals surface area (Å²) in [5, 5.41) is 13.4. The van der Waals surface area contributed by atoms with Gasteiger partial charge in [0.1, 0.15) is 5.56 Å². The number of aromatic nitrogens is 2. The molecule has 0 bridgehead atoms. The molecule has 1 rings (SSSR count). The van der Waals surface area contributed by atoms with Gasteiger partial charge in [-0.25, -0.2) is 4.79 Å². The third kappa shape index (κ3) is 1.97. The molecule has 1 heterocycles. The fourth-order valence-corrected chi connectivity index (χ4v) is 1.09. The Hall–Kier alpha value is -1.56. The SMILES string of the molecule is NCCCc1[nH][nH]c(=O)c1C(=O)O. The molecule has 0 unspecified atom stereocenters. The Kier molecular flexibility index (Phi) is 2.86. The summed E-state index contributed by atoms with van der Waals surface area (Å²) in [5.41, 5.74) is 4.85. The number of rotatable bonds is 4. The van der Waals surface area contributed by atoms with Gasteiger partial charge in [-0.15, -0.1) is 0 Å². The van der Waals surface area contributed by atoms with Crippen LogP contribution < -0.4 is 11.3 Å². The van der Waals surface area contributed by atoms with Crippen molar-refractivity contribution in [3.05, 3.63) is 21.6 Å². The first kappa shape index (κ1) is 9.53. The van der Waals surface area contributed by atoms with E-state index >= 15 is 0 Å². The van der Waals surface area contributed by atoms with Crippen LogP contribution in [0.1, 0.15) is 22.5 Å². The Morgan fingerprint density at radius 2 is 2.15 bits per heavy atom. The van der Waals surface area contributed by atoms with Gasteiger partial charge in [-0.1, -0.05) is 0 Å². The van der Waals surface area contributed by atoms with Crippen molar-refractivity contribution in [2.75, 3.05) is 6.54 Å². The largest absolute Gasteiger partial charge is 0.477 e. The lowest BCUT2D eigenvalue weighted by atomic mass is 10.1. The Bertz CT molecular complexity index is 352. The van der Waals surface area contributed by atoms with Crippen LogP contribution >= 0.6 is 0 Å². The van der Waals surface area contributed by atoms with Crippen LogP contribution in [-0.2, 0) is 6.42 Å². The van der Waals surface area contributed by atoms with Crippen LogP contribution in [-0.4, -0.2) is 27.8 Å². The third-order valence-corrected chi connectivity index (χ3v) is 1.70. The molecule has 0 aliphatic rings. The van der Waals surface area contributed by atoms with Crippen molar-refractivity contribution in [2.24, 2.45) is 5.73 Å². The molecule has 0 aliphatic carbocycles. The van der Waals surface area contributed by atoms with Crippen LogP contribution in [0.4, 0.5) is 0 Å². The van der Waals surface area contributed by atoms with Crippen molar-refractivity contribution in [1.82, 2.24) is 10.2 Å². The van der Waals surface area contributed by atoms with E-state index in [0.717, 1.165) is 0 Å². The second-order valence-corrected chi connectivity index (χ2v) is 2.63. The Labute approximate surface area is 73.7 Å². The maximum Gasteiger partial charge on any atom is 0.343 e. The Balaban J connectivity index is 2.94. The average Bonchev–Trinajstić information content (AvgIpc) is 2.43. The summed E-state index contributed by atoms with van der Waals surface area (Å²) in [6.45, 7) is 0.465. The summed E-state index contributed by atoms with van der Waals surface area (Å²) < 4.78 is 0. The van der Waals surface area contributed by atoms with Gasteiger partial charge in [-0.05, 0) is 19.4 Å². The fraction of sp³-hybridized carbons (Fsp3) is 0.429. The zero-order chi connectivity index (χ0) is 9.84. The maximum absolute atomic E-state index is 10.9. The molecule has 0 spiro atoms. The molecule has 6 nitrogen and oxygen atoms in total. The van der Waals surface area contributed by atoms with E-state index in [2.05, 4.69) is 10.2 Å². The van der Waals surface area contributed by atoms with E-state index in [1.807, 2.05) is 0 Å². The van der Waals surface area contributed by atoms with E-state index in [9.17, 15) is 9.59 Å². The van der Waals surface area contributed by atoms with Crippen molar-refractivity contribution < 1.29 is 9.90 Å². The van der Waals surface area contributed by atoms with Crippen LogP contribution in [0.15, 0.2) is 4.79 Å². The summed E-state index contributed by atoms with van der Waals surface area (Å²) in [7, 11) is 0. The minimum absolute atomic E-state index is 0.214. The van der Waals surface area contributed by atoms with E-state index in [1.165, 1.54) is 0 Å². The van der Waals surface area contributed by atoms with Gasteiger partial charge in [0.15, 0.2) is 0 Å². The number of aryl methyl sites for hydroxylation is 1. The summed E-state index contributed by atoms with van der Waals surface area (Å²) >= 11 is 0. The molecule has 0 saturated heterocycles. The topological polar surface area (TPSA) is 112 Å². The molecule has 13 heavy (non-hydrogen) atoms. The molecule has 5 N–H and O–H groups in total. The highest BCUT2D eigenvalue weighted by Crippen LogP contribution is 2.02. The van der Waals surface area contributed by atoms with Crippen LogP contribution in [0.25, 0.3) is 0 Å². The predicted molar refractivity (Wildman–Crippen MR) is 45.7 cm³/mol. The van der Waals surface area contributed by atoms with Crippen molar-refractivity contribution in [3.8, 4) is 0 Å². The Morgan fingerprint density at radius 3 is 2.69 bits per heavy atom. The number of carboxylic acid groups (broad SMARTS) is 1. The molecule has 0 atom stereocenters. The number of hydrogen-bond donors (Lipinski definition) is 4. The first-order valence-corrected chi connectivity index (χ1v) is 3.89. The summed E-state index contributed by atoms with van der Waals surface area (Å²) in [5.74, 6) is -1.21. The van der Waals surface area contributed by atoms with Crippen LogP contribution in [0.2, 0.25) is 0 Å². The van der Waals surface area contributed by atoms with Gasteiger partial charge in [-0.2, -0.15) is 0 Å². The average molecular weight is 185 g/mol. The number of carbonyl (C=O) groups is 1. The quantitative estimate of drug-likeness (QED) is 0.496. The number of H-pyrrole nitrogens is 2. The van der Waals surface area contributed by atoms with Crippen LogP contribution in [0.3, 0.4) is 0 Å². The van der Waals surface area contributed by atoms with Gasteiger partial charge in [0.2, 0.25) is 0 Å². The molecule has 1 aromatic rings. The molecule has 6 heteroatoms. The van der Waals surface area contributed by atoms with Gasteiger partial charge in [0, 0.05) is 0 Å². The fourth-order valence-electron chi connectivity index (χ4n) is 1.09. The van der Waals surface area contributed by atoms with Crippen molar-refractivity contribution >= 4 is 5.97 Å². The van der Waals surface area contributed by atoms with Gasteiger partial charge in [-0.3, -0.25) is 9.89 Å². The minimum Gasteiger partial charge on any atom is -0.477 e. The lowest BCUT2D eigenvalue weighted by Gasteiger charge is -1.95. The number of aromatic amines is 2. The molecular formula is C7H11N3O3. The number of nitrogens with two attached hydrogens (primary N) is 1. The predicted octanol–water partition coefficient (Wildman–Crippen LogP) is -0.707. The summed E-state index contributed by atoms with van der Waals surface area (Å²) in [6.07, 6.45) is 1.12. The van der Waals surface area contributed by atoms with E-state index in [0.29, 0.717) is 25.1 Å². The normalized spacial score (nSPS) is 10.2. The van der Waals surface area contributed by atoms with E-state index in [1.54, 1.807) is 0 Å². The molecule has 0 aliphatic heterocycles. The highest BCUT2D eigenvalue weighted by molar-refractivity contribution is 5.88. The van der Waals surface area contributed by atoms with Crippen molar-refractivity contribution in [1.29, 1.82) is 0 Å². The number of aromatic carboxylic acids is 1. The van der Waals surface area contributed by atoms with Crippen LogP contribution in [0.5, 0.6) is 0 Å². The standard InChI is InChI=1S/C7H11N3O3/c8-3-1-2-4-5(7(12)13)6(11)10-9-4/h1-3,8H2,(H,12,13)(H2,9,10,11). The van der Waals surface area contributed by atoms with Gasteiger partial charge < -0.3 is 15.9 Å². The molecule has 72 valence electrons. The van der Waals surface area contributed by atoms with Crippen molar-refractivity contribution in [2.45, 2.75) is 12.8 Å². The number of carboxylic acids is 1. The molecule has 0 saturated carbocycles. The summed E-state index contributed by atoms with van der Waals surface area (Å²) in [6, 6.07) is 0. The highest BCUT2D eigenvalue weighted by atomic mass is 16.4. The number of nitrogens with one attached hydrogen (secondary N) is 2. The molecular weight excluding hydrogens is 174 g/mol. The van der Waals surface area contributed by atoms with Crippen molar-refractivity contribution in [3.63, 3.8) is 0 Å². The first-order chi connectivity index (χ1) is 6.16. The molecule has 0 aromatic carbocycles. The van der Waals surface area contributed by atoms with E-state index < -0.39 is 11.5 Å². The van der Waals surface area contributed by atoms with E-state index in [-0.39, 0.29) is 5.56 Å². The molecule has 0 fully saturated rings. The Morgan fingerprint density at radius 1 is 1.46 bits per heavy atom. The van der Waals surface area contributed by atoms with Crippen LogP contribution in [0, 0.1) is 0 Å². The van der Waals surface area contributed by atoms with Gasteiger partial charge >= 0.3 is 5.97 Å². The molecule has 1 aromatic heterocycles. The third-order valence-electron chi connectivity index (χ3n) is 1.70. The second-order valence-electron chi connectivity index (χ2n) is 2.63. The van der Waals surface area contributed by atoms with Gasteiger partial charge in [0.25, 0.3) is 5.56 Å². The number of hydrogen-bond acceptors (Lipinski definition) is 3. The molecule has 0 amide bonds. The zero-order valence-corrected chi connectivity index (χ0v) is 6.96. The van der Waals surface area contributed by atoms with Gasteiger partial charge in [0.05, 0.1) is 5.69 Å². The highest BCUT2D eigenvalue weighted by Gasteiger charge is 2.15. The zero-order valence-electron chi connectivity index (χ0n) is 6.96. The minimum atomic E-state index is -1.21. The smallest absolute Gasteiger partial charge is 0.343 e.